The number of para-hydroxylation sites is 4. The van der Waals surface area contributed by atoms with E-state index in [9.17, 15) is 0 Å². The van der Waals surface area contributed by atoms with Crippen molar-refractivity contribution in [2.24, 2.45) is 7.05 Å². The molecule has 0 aliphatic carbocycles. The van der Waals surface area contributed by atoms with Crippen LogP contribution in [0, 0.1) is 6.92 Å². The number of methoxy groups -OCH3 is 1. The van der Waals surface area contributed by atoms with Crippen LogP contribution in [0.1, 0.15) is 5.56 Å². The molecule has 0 saturated carbocycles. The van der Waals surface area contributed by atoms with E-state index >= 15 is 0 Å². The lowest BCUT2D eigenvalue weighted by atomic mass is 10.2. The molecule has 31 heavy (non-hydrogen) atoms. The Morgan fingerprint density at radius 3 is 2.32 bits per heavy atom. The molecule has 4 aromatic heterocycles. The fraction of sp³-hybridized carbons (Fsp3) is 0.125. The highest BCUT2D eigenvalue weighted by Crippen LogP contribution is 2.31. The van der Waals surface area contributed by atoms with Gasteiger partial charge in [-0.3, -0.25) is 0 Å². The molecular weight excluding hydrogens is 388 g/mol. The summed E-state index contributed by atoms with van der Waals surface area (Å²) in [6.07, 6.45) is 0. The van der Waals surface area contributed by atoms with Crippen LogP contribution in [0.2, 0.25) is 0 Å². The van der Waals surface area contributed by atoms with Gasteiger partial charge in [-0.05, 0) is 43.3 Å². The third-order valence-electron chi connectivity index (χ3n) is 6.35. The molecule has 0 saturated heterocycles. The van der Waals surface area contributed by atoms with Gasteiger partial charge in [0.2, 0.25) is 0 Å². The van der Waals surface area contributed by atoms with E-state index in [4.69, 9.17) is 14.7 Å². The summed E-state index contributed by atoms with van der Waals surface area (Å²) in [6, 6.07) is 20.6. The molecule has 7 aromatic rings. The maximum absolute atomic E-state index is 5.64. The number of hydrogen-bond acceptors (Lipinski definition) is 3. The average molecular weight is 407 g/mol. The standard InChI is InChI=1S/C24H19N6O/c1-14-20(31-3)13-12-16-21(14)30-23(26-16)28-17-9-5-4-8-15(17)25-22(28)29-19-11-7-6-10-18(19)27(2)24(29)30/h4-13H,1-3H3/q+1. The minimum absolute atomic E-state index is 0.834. The van der Waals surface area contributed by atoms with Gasteiger partial charge >= 0.3 is 5.78 Å². The maximum atomic E-state index is 5.64. The Labute approximate surface area is 176 Å². The highest BCUT2D eigenvalue weighted by atomic mass is 16.5. The van der Waals surface area contributed by atoms with Crippen molar-refractivity contribution < 1.29 is 9.30 Å². The van der Waals surface area contributed by atoms with E-state index in [1.165, 1.54) is 0 Å². The van der Waals surface area contributed by atoms with E-state index in [-0.39, 0.29) is 0 Å². The van der Waals surface area contributed by atoms with E-state index in [0.717, 1.165) is 61.7 Å². The van der Waals surface area contributed by atoms with Gasteiger partial charge < -0.3 is 4.74 Å². The largest absolute Gasteiger partial charge is 0.496 e. The molecule has 7 nitrogen and oxygen atoms in total. The normalized spacial score (nSPS) is 12.4. The highest BCUT2D eigenvalue weighted by molar-refractivity contribution is 5.91. The van der Waals surface area contributed by atoms with Crippen LogP contribution in [-0.4, -0.2) is 30.3 Å². The van der Waals surface area contributed by atoms with Crippen molar-refractivity contribution >= 4 is 50.4 Å². The summed E-state index contributed by atoms with van der Waals surface area (Å²) in [5.41, 5.74) is 7.23. The molecule has 0 amide bonds. The third kappa shape index (κ3) is 1.87. The van der Waals surface area contributed by atoms with Crippen LogP contribution < -0.4 is 9.30 Å². The molecule has 0 N–H and O–H groups in total. The number of hydrogen-bond donors (Lipinski definition) is 0. The molecule has 0 aliphatic rings. The van der Waals surface area contributed by atoms with Gasteiger partial charge in [0, 0.05) is 5.56 Å². The smallest absolute Gasteiger partial charge is 0.380 e. The molecule has 7 heteroatoms. The molecule has 0 fully saturated rings. The van der Waals surface area contributed by atoms with Crippen LogP contribution in [0.25, 0.3) is 50.4 Å². The second kappa shape index (κ2) is 5.51. The Kier molecular flexibility index (Phi) is 2.96. The minimum Gasteiger partial charge on any atom is -0.496 e. The maximum Gasteiger partial charge on any atom is 0.380 e. The van der Waals surface area contributed by atoms with E-state index < -0.39 is 0 Å². The lowest BCUT2D eigenvalue weighted by Crippen LogP contribution is -2.30. The lowest BCUT2D eigenvalue weighted by Gasteiger charge is -2.05. The first-order chi connectivity index (χ1) is 15.2. The molecule has 0 aliphatic heterocycles. The monoisotopic (exact) mass is 407 g/mol. The summed E-state index contributed by atoms with van der Waals surface area (Å²) < 4.78 is 14.5. The van der Waals surface area contributed by atoms with Crippen LogP contribution in [0.15, 0.2) is 60.7 Å². The second-order valence-corrected chi connectivity index (χ2v) is 7.93. The van der Waals surface area contributed by atoms with Gasteiger partial charge in [-0.25, -0.2) is 8.97 Å². The number of benzene rings is 3. The van der Waals surface area contributed by atoms with Crippen molar-refractivity contribution in [1.82, 2.24) is 23.2 Å². The van der Waals surface area contributed by atoms with Crippen LogP contribution in [0.4, 0.5) is 0 Å². The molecule has 0 bridgehead atoms. The number of aryl methyl sites for hydroxylation is 2. The zero-order valence-corrected chi connectivity index (χ0v) is 17.4. The quantitative estimate of drug-likeness (QED) is 0.389. The Balaban J connectivity index is 1.93. The fourth-order valence-electron chi connectivity index (χ4n) is 4.97. The fourth-order valence-corrected chi connectivity index (χ4v) is 4.97. The van der Waals surface area contributed by atoms with Gasteiger partial charge in [-0.15, -0.1) is 0 Å². The number of aromatic nitrogens is 6. The van der Waals surface area contributed by atoms with Crippen molar-refractivity contribution in [3.8, 4) is 5.75 Å². The van der Waals surface area contributed by atoms with Gasteiger partial charge in [0.05, 0.1) is 25.2 Å². The Hall–Kier alpha value is -4.13. The van der Waals surface area contributed by atoms with Crippen LogP contribution in [0.5, 0.6) is 5.75 Å². The molecule has 4 heterocycles. The number of fused-ring (bicyclic) bond motifs is 12. The van der Waals surface area contributed by atoms with E-state index in [0.29, 0.717) is 0 Å². The SMILES string of the molecule is COc1ccc2nc3n4c5ccccc5nc4n4c5ccccc5[n+](C)c4n3c2c1C. The van der Waals surface area contributed by atoms with Crippen LogP contribution in [-0.2, 0) is 7.05 Å². The van der Waals surface area contributed by atoms with Gasteiger partial charge in [0.15, 0.2) is 0 Å². The summed E-state index contributed by atoms with van der Waals surface area (Å²) in [5, 5.41) is 0. The van der Waals surface area contributed by atoms with E-state index in [2.05, 4.69) is 62.1 Å². The third-order valence-corrected chi connectivity index (χ3v) is 6.35. The van der Waals surface area contributed by atoms with Crippen molar-refractivity contribution in [3.05, 3.63) is 66.2 Å². The van der Waals surface area contributed by atoms with Gasteiger partial charge in [-0.1, -0.05) is 24.3 Å². The minimum atomic E-state index is 0.834. The molecule has 0 spiro atoms. The average Bonchev–Trinajstić information content (AvgIpc) is 3.44. The zero-order valence-electron chi connectivity index (χ0n) is 17.4. The van der Waals surface area contributed by atoms with E-state index in [1.807, 2.05) is 30.3 Å². The molecule has 3 aromatic carbocycles. The first kappa shape index (κ1) is 16.6. The summed E-state index contributed by atoms with van der Waals surface area (Å²) >= 11 is 0. The number of nitrogens with zero attached hydrogens (tertiary/aromatic N) is 6. The van der Waals surface area contributed by atoms with Crippen LogP contribution >= 0.6 is 0 Å². The summed E-state index contributed by atoms with van der Waals surface area (Å²) in [7, 11) is 3.80. The molecule has 0 atom stereocenters. The molecule has 7 rings (SSSR count). The Morgan fingerprint density at radius 1 is 0.774 bits per heavy atom. The van der Waals surface area contributed by atoms with Crippen molar-refractivity contribution in [2.45, 2.75) is 6.92 Å². The van der Waals surface area contributed by atoms with Crippen molar-refractivity contribution in [1.29, 1.82) is 0 Å². The zero-order chi connectivity index (χ0) is 20.9. The number of imidazole rings is 3. The lowest BCUT2D eigenvalue weighted by molar-refractivity contribution is -0.620. The first-order valence-electron chi connectivity index (χ1n) is 10.2. The number of ether oxygens (including phenoxy) is 1. The van der Waals surface area contributed by atoms with E-state index in [1.54, 1.807) is 7.11 Å². The predicted molar refractivity (Wildman–Crippen MR) is 120 cm³/mol. The topological polar surface area (TPSA) is 52.1 Å². The Bertz CT molecular complexity index is 1850. The van der Waals surface area contributed by atoms with Gasteiger partial charge in [0.1, 0.15) is 27.8 Å². The summed E-state index contributed by atoms with van der Waals surface area (Å²) in [5.74, 6) is 3.53. The second-order valence-electron chi connectivity index (χ2n) is 7.93. The number of rotatable bonds is 1. The first-order valence-corrected chi connectivity index (χ1v) is 10.2. The van der Waals surface area contributed by atoms with Gasteiger partial charge in [0.25, 0.3) is 11.6 Å². The summed E-state index contributed by atoms with van der Waals surface area (Å²) in [4.78, 5) is 10.1. The highest BCUT2D eigenvalue weighted by Gasteiger charge is 2.29. The molecular formula is C24H19N6O+. The van der Waals surface area contributed by atoms with Crippen molar-refractivity contribution in [3.63, 3.8) is 0 Å². The van der Waals surface area contributed by atoms with Crippen LogP contribution in [0.3, 0.4) is 0 Å². The van der Waals surface area contributed by atoms with Gasteiger partial charge in [-0.2, -0.15) is 18.8 Å². The van der Waals surface area contributed by atoms with Crippen molar-refractivity contribution in [2.75, 3.05) is 7.11 Å². The molecule has 150 valence electrons. The molecule has 0 unspecified atom stereocenters. The summed E-state index contributed by atoms with van der Waals surface area (Å²) in [6.45, 7) is 2.09. The predicted octanol–water partition coefficient (Wildman–Crippen LogP) is 3.84. The Morgan fingerprint density at radius 2 is 1.48 bits per heavy atom. The molecule has 0 radical (unpaired) electrons.